The summed E-state index contributed by atoms with van der Waals surface area (Å²) in [5, 5.41) is 0. The van der Waals surface area contributed by atoms with Gasteiger partial charge in [0.1, 0.15) is 11.8 Å². The Morgan fingerprint density at radius 2 is 1.83 bits per heavy atom. The third-order valence-electron chi connectivity index (χ3n) is 7.97. The highest BCUT2D eigenvalue weighted by atomic mass is 16.3. The minimum Gasteiger partial charge on any atom is -0.468 e. The van der Waals surface area contributed by atoms with Gasteiger partial charge in [-0.05, 0) is 49.3 Å². The van der Waals surface area contributed by atoms with Crippen molar-refractivity contribution in [1.29, 1.82) is 0 Å². The average molecular weight is 408 g/mol. The number of carbonyl (C=O) groups is 1. The number of nitrogens with zero attached hydrogens (tertiary/aromatic N) is 3. The van der Waals surface area contributed by atoms with Crippen LogP contribution in [0.4, 0.5) is 0 Å². The molecule has 0 spiro atoms. The zero-order valence-electron chi connectivity index (χ0n) is 17.3. The van der Waals surface area contributed by atoms with Crippen molar-refractivity contribution in [2.45, 2.75) is 44.2 Å². The Labute approximate surface area is 176 Å². The lowest BCUT2D eigenvalue weighted by atomic mass is 9.78. The third-order valence-corrected chi connectivity index (χ3v) is 7.97. The fourth-order valence-corrected chi connectivity index (χ4v) is 6.70. The molecular formula is C24H29N3O3. The van der Waals surface area contributed by atoms with Crippen LogP contribution in [0.1, 0.15) is 49.1 Å². The lowest BCUT2D eigenvalue weighted by molar-refractivity contribution is -0.137. The summed E-state index contributed by atoms with van der Waals surface area (Å²) in [5.74, 6) is 2.91. The van der Waals surface area contributed by atoms with Gasteiger partial charge in [0.15, 0.2) is 0 Å². The van der Waals surface area contributed by atoms with E-state index >= 15 is 0 Å². The van der Waals surface area contributed by atoms with Crippen molar-refractivity contribution < 1.29 is 9.21 Å². The first kappa shape index (κ1) is 18.4. The van der Waals surface area contributed by atoms with Gasteiger partial charge in [0.2, 0.25) is 5.91 Å². The molecule has 0 aromatic carbocycles. The predicted molar refractivity (Wildman–Crippen MR) is 112 cm³/mol. The Hall–Kier alpha value is -2.34. The van der Waals surface area contributed by atoms with Crippen molar-refractivity contribution in [3.05, 3.63) is 58.4 Å². The van der Waals surface area contributed by atoms with Crippen molar-refractivity contribution in [1.82, 2.24) is 14.4 Å². The first-order valence-electron chi connectivity index (χ1n) is 11.4. The van der Waals surface area contributed by atoms with E-state index in [2.05, 4.69) is 15.9 Å². The van der Waals surface area contributed by atoms with Crippen LogP contribution in [0.2, 0.25) is 0 Å². The van der Waals surface area contributed by atoms with Crippen molar-refractivity contribution in [2.24, 2.45) is 17.8 Å². The van der Waals surface area contributed by atoms with E-state index < -0.39 is 0 Å². The van der Waals surface area contributed by atoms with E-state index in [1.807, 2.05) is 22.8 Å². The van der Waals surface area contributed by atoms with Crippen molar-refractivity contribution in [2.75, 3.05) is 26.2 Å². The fourth-order valence-electron chi connectivity index (χ4n) is 6.70. The zero-order valence-corrected chi connectivity index (χ0v) is 17.3. The van der Waals surface area contributed by atoms with E-state index in [1.165, 1.54) is 19.3 Å². The van der Waals surface area contributed by atoms with E-state index in [9.17, 15) is 9.59 Å². The zero-order chi connectivity index (χ0) is 20.2. The van der Waals surface area contributed by atoms with Crippen LogP contribution < -0.4 is 5.56 Å². The quantitative estimate of drug-likeness (QED) is 0.785. The minimum absolute atomic E-state index is 0.0283. The van der Waals surface area contributed by atoms with Crippen LogP contribution in [-0.4, -0.2) is 46.5 Å². The summed E-state index contributed by atoms with van der Waals surface area (Å²) >= 11 is 0. The first-order chi connectivity index (χ1) is 14.7. The van der Waals surface area contributed by atoms with Gasteiger partial charge >= 0.3 is 0 Å². The van der Waals surface area contributed by atoms with Gasteiger partial charge < -0.3 is 9.32 Å². The maximum atomic E-state index is 13.8. The highest BCUT2D eigenvalue weighted by molar-refractivity contribution is 5.81. The van der Waals surface area contributed by atoms with Crippen molar-refractivity contribution in [3.63, 3.8) is 0 Å². The molecule has 30 heavy (non-hydrogen) atoms. The van der Waals surface area contributed by atoms with Gasteiger partial charge in [0.25, 0.3) is 5.56 Å². The summed E-state index contributed by atoms with van der Waals surface area (Å²) in [6.45, 7) is 4.24. The van der Waals surface area contributed by atoms with Crippen LogP contribution in [-0.2, 0) is 11.3 Å². The monoisotopic (exact) mass is 407 g/mol. The van der Waals surface area contributed by atoms with Crippen LogP contribution in [0, 0.1) is 17.8 Å². The number of furan rings is 1. The molecule has 2 aromatic rings. The average Bonchev–Trinajstić information content (AvgIpc) is 3.46. The van der Waals surface area contributed by atoms with Crippen molar-refractivity contribution >= 4 is 5.91 Å². The van der Waals surface area contributed by atoms with Gasteiger partial charge in [-0.15, -0.1) is 0 Å². The molecule has 0 N–H and O–H groups in total. The number of aromatic nitrogens is 1. The maximum Gasteiger partial charge on any atom is 0.251 e. The van der Waals surface area contributed by atoms with Gasteiger partial charge in [-0.25, -0.2) is 0 Å². The van der Waals surface area contributed by atoms with Crippen LogP contribution in [0.15, 0.2) is 45.8 Å². The van der Waals surface area contributed by atoms with Crippen LogP contribution in [0.5, 0.6) is 0 Å². The molecule has 2 bridgehead atoms. The second-order valence-corrected chi connectivity index (χ2v) is 9.76. The molecule has 3 aliphatic heterocycles. The third kappa shape index (κ3) is 2.96. The van der Waals surface area contributed by atoms with Gasteiger partial charge in [-0.3, -0.25) is 19.1 Å². The normalized spacial score (nSPS) is 32.8. The summed E-state index contributed by atoms with van der Waals surface area (Å²) in [6.07, 6.45) is 6.49. The molecule has 1 saturated carbocycles. The lowest BCUT2D eigenvalue weighted by Gasteiger charge is -2.46. The number of amides is 1. The summed E-state index contributed by atoms with van der Waals surface area (Å²) < 4.78 is 7.42. The molecule has 0 unspecified atom stereocenters. The van der Waals surface area contributed by atoms with E-state index in [4.69, 9.17) is 4.42 Å². The molecule has 4 aliphatic rings. The topological polar surface area (TPSA) is 58.7 Å². The number of piperidine rings is 1. The molecule has 2 saturated heterocycles. The van der Waals surface area contributed by atoms with Gasteiger partial charge in [-0.2, -0.15) is 0 Å². The van der Waals surface area contributed by atoms with Crippen LogP contribution in [0.3, 0.4) is 0 Å². The van der Waals surface area contributed by atoms with Crippen LogP contribution in [0.25, 0.3) is 0 Å². The Bertz CT molecular complexity index is 985. The smallest absolute Gasteiger partial charge is 0.251 e. The Morgan fingerprint density at radius 1 is 1.00 bits per heavy atom. The summed E-state index contributed by atoms with van der Waals surface area (Å²) in [4.78, 5) is 31.2. The number of fused-ring (bicyclic) bond motifs is 5. The van der Waals surface area contributed by atoms with E-state index in [0.717, 1.165) is 50.6 Å². The molecule has 5 heterocycles. The number of pyridine rings is 1. The van der Waals surface area contributed by atoms with E-state index in [0.29, 0.717) is 11.8 Å². The Balaban J connectivity index is 1.33. The summed E-state index contributed by atoms with van der Waals surface area (Å²) in [6, 6.07) is 9.08. The molecule has 5 atom stereocenters. The van der Waals surface area contributed by atoms with Gasteiger partial charge in [0.05, 0.1) is 12.8 Å². The number of hydrogen-bond donors (Lipinski definition) is 0. The molecule has 2 aromatic heterocycles. The highest BCUT2D eigenvalue weighted by Gasteiger charge is 2.47. The highest BCUT2D eigenvalue weighted by Crippen LogP contribution is 2.44. The number of rotatable bonds is 3. The first-order valence-corrected chi connectivity index (χ1v) is 11.4. The molecule has 6 heteroatoms. The fraction of sp³-hybridized carbons (Fsp3) is 0.583. The van der Waals surface area contributed by atoms with E-state index in [-0.39, 0.29) is 29.3 Å². The van der Waals surface area contributed by atoms with Crippen LogP contribution >= 0.6 is 0 Å². The van der Waals surface area contributed by atoms with Gasteiger partial charge in [0, 0.05) is 49.8 Å². The SMILES string of the molecule is O=C([C@H]1[C@@H]2C[C@@H](CN(Cc3ccco3)C2)c2cccc(=O)n21)N1C[C@H]2CCC[C@H]2C1. The predicted octanol–water partition coefficient (Wildman–Crippen LogP) is 2.86. The largest absolute Gasteiger partial charge is 0.468 e. The Morgan fingerprint density at radius 3 is 2.60 bits per heavy atom. The van der Waals surface area contributed by atoms with Crippen molar-refractivity contribution in [3.8, 4) is 0 Å². The number of likely N-dealkylation sites (tertiary alicyclic amines) is 2. The standard InChI is InChI=1S/C24H29N3O3/c28-22-8-2-7-21-18-10-19(12-25(11-18)15-20-6-3-9-30-20)23(27(21)22)24(29)26-13-16-4-1-5-17(16)14-26/h2-3,6-9,16-19,23H,1,4-5,10-15H2/t16-,17+,18-,19+,23+/m0/s1. The molecule has 158 valence electrons. The Kier molecular flexibility index (Phi) is 4.37. The van der Waals surface area contributed by atoms with Gasteiger partial charge in [-0.1, -0.05) is 12.5 Å². The molecule has 1 amide bonds. The summed E-state index contributed by atoms with van der Waals surface area (Å²) in [7, 11) is 0. The number of carbonyl (C=O) groups excluding carboxylic acids is 1. The molecular weight excluding hydrogens is 378 g/mol. The summed E-state index contributed by atoms with van der Waals surface area (Å²) in [5.41, 5.74) is 1.00. The molecule has 3 fully saturated rings. The number of hydrogen-bond acceptors (Lipinski definition) is 4. The maximum absolute atomic E-state index is 13.8. The molecule has 1 aliphatic carbocycles. The molecule has 6 nitrogen and oxygen atoms in total. The second-order valence-electron chi connectivity index (χ2n) is 9.76. The molecule has 0 radical (unpaired) electrons. The lowest BCUT2D eigenvalue weighted by Crippen LogP contribution is -2.53. The van der Waals surface area contributed by atoms with E-state index in [1.54, 1.807) is 12.3 Å². The molecule has 6 rings (SSSR count). The second kappa shape index (κ2) is 7.12. The minimum atomic E-state index is -0.372.